The minimum Gasteiger partial charge on any atom is -0.615 e. The number of amides is 2. The zero-order valence-electron chi connectivity index (χ0n) is 23.0. The lowest BCUT2D eigenvalue weighted by Gasteiger charge is -2.40. The molecule has 5 rings (SSSR count). The number of piperazine rings is 1. The van der Waals surface area contributed by atoms with Crippen molar-refractivity contribution in [3.63, 3.8) is 0 Å². The van der Waals surface area contributed by atoms with Crippen LogP contribution in [-0.4, -0.2) is 79.2 Å². The summed E-state index contributed by atoms with van der Waals surface area (Å²) < 4.78 is 66.1. The minimum atomic E-state index is -3.10. The predicted octanol–water partition coefficient (Wildman–Crippen LogP) is 4.42. The van der Waals surface area contributed by atoms with Gasteiger partial charge in [-0.1, -0.05) is 24.3 Å². The fourth-order valence-corrected chi connectivity index (χ4v) is 7.34. The van der Waals surface area contributed by atoms with Crippen LogP contribution < -0.4 is 4.90 Å². The maximum Gasteiger partial charge on any atom is 0.282 e. The van der Waals surface area contributed by atoms with Crippen LogP contribution in [0.25, 0.3) is 0 Å². The third-order valence-electron chi connectivity index (χ3n) is 7.71. The molecule has 9 nitrogen and oxygen atoms in total. The van der Waals surface area contributed by atoms with E-state index in [-0.39, 0.29) is 31.6 Å². The molecule has 3 heterocycles. The number of thiazole rings is 1. The number of rotatable bonds is 8. The first-order chi connectivity index (χ1) is 20.0. The van der Waals surface area contributed by atoms with E-state index >= 15 is 0 Å². The molecule has 1 saturated heterocycles. The third kappa shape index (κ3) is 6.13. The molecule has 2 aliphatic rings. The Labute approximate surface area is 247 Å². The Morgan fingerprint density at radius 2 is 1.95 bits per heavy atom. The number of alkyl halides is 4. The van der Waals surface area contributed by atoms with Crippen molar-refractivity contribution in [2.24, 2.45) is 0 Å². The maximum atomic E-state index is 13.4. The molecular formula is C27H30F4N6O3S2. The van der Waals surface area contributed by atoms with Gasteiger partial charge in [-0.3, -0.25) is 19.2 Å². The van der Waals surface area contributed by atoms with Crippen LogP contribution in [0.3, 0.4) is 0 Å². The van der Waals surface area contributed by atoms with Crippen molar-refractivity contribution >= 4 is 39.5 Å². The van der Waals surface area contributed by atoms with E-state index in [1.807, 2.05) is 17.0 Å². The van der Waals surface area contributed by atoms with Gasteiger partial charge in [-0.25, -0.2) is 22.5 Å². The van der Waals surface area contributed by atoms with Gasteiger partial charge in [-0.05, 0) is 47.6 Å². The van der Waals surface area contributed by atoms with E-state index < -0.39 is 53.2 Å². The van der Waals surface area contributed by atoms with Crippen molar-refractivity contribution in [1.29, 1.82) is 0 Å². The minimum absolute atomic E-state index is 0.0498. The molecular weight excluding hydrogens is 596 g/mol. The van der Waals surface area contributed by atoms with Crippen molar-refractivity contribution in [2.75, 3.05) is 37.8 Å². The first-order valence-electron chi connectivity index (χ1n) is 13.4. The second-order valence-electron chi connectivity index (χ2n) is 10.3. The molecule has 1 aromatic carbocycles. The molecule has 42 heavy (non-hydrogen) atoms. The maximum absolute atomic E-state index is 13.4. The number of fused-ring (bicyclic) bond motifs is 1. The zero-order valence-corrected chi connectivity index (χ0v) is 24.6. The highest BCUT2D eigenvalue weighted by Crippen LogP contribution is 2.35. The molecule has 3 aromatic rings. The molecule has 0 bridgehead atoms. The van der Waals surface area contributed by atoms with Gasteiger partial charge in [0.05, 0.1) is 18.8 Å². The molecule has 2 aromatic heterocycles. The van der Waals surface area contributed by atoms with Gasteiger partial charge in [0.25, 0.3) is 18.8 Å². The molecule has 0 radical (unpaired) electrons. The van der Waals surface area contributed by atoms with Crippen molar-refractivity contribution in [3.8, 4) is 0 Å². The Balaban J connectivity index is 1.27. The number of aromatic nitrogens is 3. The van der Waals surface area contributed by atoms with E-state index in [2.05, 4.69) is 22.2 Å². The second kappa shape index (κ2) is 12.6. The van der Waals surface area contributed by atoms with Crippen LogP contribution in [0, 0.1) is 0 Å². The Morgan fingerprint density at radius 1 is 1.19 bits per heavy atom. The first-order valence-corrected chi connectivity index (χ1v) is 15.9. The number of hydrogen-bond acceptors (Lipinski definition) is 7. The number of nitrogens with zero attached hydrogens (tertiary/aromatic N) is 6. The lowest BCUT2D eigenvalue weighted by molar-refractivity contribution is -0.133. The van der Waals surface area contributed by atoms with Crippen LogP contribution in [0.5, 0.6) is 0 Å². The lowest BCUT2D eigenvalue weighted by Crippen LogP contribution is -2.58. The molecule has 1 aliphatic carbocycles. The summed E-state index contributed by atoms with van der Waals surface area (Å²) in [6.45, 7) is -0.176. The molecule has 0 spiro atoms. The molecule has 0 saturated carbocycles. The van der Waals surface area contributed by atoms with Gasteiger partial charge < -0.3 is 14.4 Å². The Kier molecular flexibility index (Phi) is 9.08. The van der Waals surface area contributed by atoms with E-state index in [1.54, 1.807) is 17.3 Å². The molecule has 15 heteroatoms. The van der Waals surface area contributed by atoms with E-state index in [1.165, 1.54) is 28.1 Å². The van der Waals surface area contributed by atoms with Crippen molar-refractivity contribution in [1.82, 2.24) is 24.6 Å². The van der Waals surface area contributed by atoms with Gasteiger partial charge >= 0.3 is 0 Å². The number of aryl methyl sites for hydroxylation is 1. The first kappa shape index (κ1) is 30.3. The number of carbonyl (C=O) groups excluding carboxylic acids is 2. The van der Waals surface area contributed by atoms with Crippen molar-refractivity contribution < 1.29 is 31.7 Å². The molecule has 3 unspecified atom stereocenters. The molecule has 1 fully saturated rings. The van der Waals surface area contributed by atoms with Gasteiger partial charge in [0.2, 0.25) is 11.3 Å². The Bertz CT molecular complexity index is 1430. The normalized spacial score (nSPS) is 19.7. The van der Waals surface area contributed by atoms with Gasteiger partial charge in [0, 0.05) is 25.5 Å². The van der Waals surface area contributed by atoms with Crippen molar-refractivity contribution in [2.45, 2.75) is 50.1 Å². The zero-order chi connectivity index (χ0) is 30.1. The van der Waals surface area contributed by atoms with Crippen LogP contribution in [0.2, 0.25) is 0 Å². The van der Waals surface area contributed by atoms with Gasteiger partial charge in [-0.2, -0.15) is 5.10 Å². The summed E-state index contributed by atoms with van der Waals surface area (Å²) >= 11 is -0.271. The van der Waals surface area contributed by atoms with E-state index in [4.69, 9.17) is 0 Å². The second-order valence-corrected chi connectivity index (χ2v) is 12.7. The topological polar surface area (TPSA) is 97.6 Å². The van der Waals surface area contributed by atoms with Crippen LogP contribution >= 0.6 is 11.3 Å². The number of benzene rings is 1. The van der Waals surface area contributed by atoms with E-state index in [0.29, 0.717) is 21.6 Å². The summed E-state index contributed by atoms with van der Waals surface area (Å²) in [5, 5.41) is 4.89. The summed E-state index contributed by atoms with van der Waals surface area (Å²) in [5.74, 6) is -0.870. The molecule has 226 valence electrons. The SMILES string of the molecule is CN(C(=O)c1csc(N2CCN(C(=O)Cn3nc(C(F)F)cc3C(F)F)C([S+](C)[O-])C2)n1)C1CCCc2ccccc21. The van der Waals surface area contributed by atoms with Crippen LogP contribution in [0.1, 0.15) is 64.7 Å². The lowest BCUT2D eigenvalue weighted by atomic mass is 9.87. The Morgan fingerprint density at radius 3 is 2.67 bits per heavy atom. The van der Waals surface area contributed by atoms with E-state index in [0.717, 1.165) is 24.8 Å². The monoisotopic (exact) mass is 626 g/mol. The number of anilines is 1. The third-order valence-corrected chi connectivity index (χ3v) is 9.78. The summed E-state index contributed by atoms with van der Waals surface area (Å²) in [6, 6.07) is 8.66. The molecule has 1 aliphatic heterocycles. The highest BCUT2D eigenvalue weighted by molar-refractivity contribution is 7.91. The summed E-state index contributed by atoms with van der Waals surface area (Å²) in [4.78, 5) is 35.9. The molecule has 0 N–H and O–H groups in total. The highest BCUT2D eigenvalue weighted by atomic mass is 32.2. The summed E-state index contributed by atoms with van der Waals surface area (Å²) in [6.07, 6.45) is -1.91. The molecule has 2 amide bonds. The number of halogens is 4. The largest absolute Gasteiger partial charge is 0.615 e. The Hall–Kier alpha value is -3.17. The number of carbonyl (C=O) groups is 2. The number of hydrogen-bond donors (Lipinski definition) is 0. The van der Waals surface area contributed by atoms with Crippen LogP contribution in [-0.2, 0) is 28.9 Å². The summed E-state index contributed by atoms with van der Waals surface area (Å²) in [7, 11) is 1.78. The van der Waals surface area contributed by atoms with E-state index in [9.17, 15) is 31.7 Å². The van der Waals surface area contributed by atoms with Crippen LogP contribution in [0.15, 0.2) is 35.7 Å². The average molecular weight is 627 g/mol. The predicted molar refractivity (Wildman–Crippen MR) is 150 cm³/mol. The van der Waals surface area contributed by atoms with Gasteiger partial charge in [0.1, 0.15) is 23.6 Å². The summed E-state index contributed by atoms with van der Waals surface area (Å²) in [5.41, 5.74) is 1.05. The standard InChI is InChI=1S/C27H30F4N6O3S2/c1-34(20-9-5-7-16-6-3-4-8-17(16)20)26(39)19-15-41-27(32-19)35-10-11-36(23(14-35)42(2)40)22(38)13-37-21(25(30)31)12-18(33-37)24(28)29/h3-4,6,8,12,15,20,23-25H,5,7,9-11,13-14H2,1-2H3. The fraction of sp³-hybridized carbons (Fsp3) is 0.481. The quantitative estimate of drug-likeness (QED) is 0.271. The molecule has 3 atom stereocenters. The van der Waals surface area contributed by atoms with Gasteiger partial charge in [0.15, 0.2) is 5.13 Å². The van der Waals surface area contributed by atoms with Gasteiger partial charge in [-0.15, -0.1) is 11.3 Å². The average Bonchev–Trinajstić information content (AvgIpc) is 3.64. The fourth-order valence-electron chi connectivity index (χ4n) is 5.53. The van der Waals surface area contributed by atoms with Crippen LogP contribution in [0.4, 0.5) is 22.7 Å². The smallest absolute Gasteiger partial charge is 0.282 e. The van der Waals surface area contributed by atoms with Crippen molar-refractivity contribution in [3.05, 3.63) is 63.9 Å². The highest BCUT2D eigenvalue weighted by Gasteiger charge is 2.38.